The number of nitrogens with one attached hydrogen (secondary N) is 3. The van der Waals surface area contributed by atoms with Crippen LogP contribution < -0.4 is 16.0 Å². The number of hydrogen-bond donors (Lipinski definition) is 3. The SMILES string of the molecule is O=C(CNC(=O)NCCCc1ccccc1)NCc1ccco1. The van der Waals surface area contributed by atoms with E-state index in [0.29, 0.717) is 18.8 Å². The summed E-state index contributed by atoms with van der Waals surface area (Å²) < 4.78 is 5.10. The second kappa shape index (κ2) is 9.30. The number of aryl methyl sites for hydroxylation is 1. The van der Waals surface area contributed by atoms with Crippen molar-refractivity contribution in [2.45, 2.75) is 19.4 Å². The van der Waals surface area contributed by atoms with E-state index < -0.39 is 0 Å². The summed E-state index contributed by atoms with van der Waals surface area (Å²) in [6.45, 7) is 0.812. The van der Waals surface area contributed by atoms with Gasteiger partial charge in [0, 0.05) is 6.54 Å². The van der Waals surface area contributed by atoms with E-state index in [1.54, 1.807) is 18.4 Å². The Kier molecular flexibility index (Phi) is 6.71. The number of furan rings is 1. The van der Waals surface area contributed by atoms with Crippen molar-refractivity contribution < 1.29 is 14.0 Å². The van der Waals surface area contributed by atoms with Gasteiger partial charge in [-0.3, -0.25) is 4.79 Å². The van der Waals surface area contributed by atoms with Gasteiger partial charge in [-0.2, -0.15) is 0 Å². The van der Waals surface area contributed by atoms with E-state index in [-0.39, 0.29) is 18.5 Å². The van der Waals surface area contributed by atoms with Gasteiger partial charge in [0.15, 0.2) is 0 Å². The maximum atomic E-state index is 11.6. The quantitative estimate of drug-likeness (QED) is 0.650. The Morgan fingerprint density at radius 1 is 0.957 bits per heavy atom. The molecule has 0 fully saturated rings. The molecule has 0 aliphatic carbocycles. The minimum atomic E-state index is -0.341. The highest BCUT2D eigenvalue weighted by atomic mass is 16.3. The Hall–Kier alpha value is -2.76. The Balaban J connectivity index is 1.51. The fourth-order valence-corrected chi connectivity index (χ4v) is 2.02. The van der Waals surface area contributed by atoms with Crippen molar-refractivity contribution in [3.8, 4) is 0 Å². The van der Waals surface area contributed by atoms with Gasteiger partial charge in [0.1, 0.15) is 5.76 Å². The maximum absolute atomic E-state index is 11.6. The predicted octanol–water partition coefficient (Wildman–Crippen LogP) is 1.83. The number of carbonyl (C=O) groups is 2. The van der Waals surface area contributed by atoms with Crippen LogP contribution in [0.1, 0.15) is 17.7 Å². The van der Waals surface area contributed by atoms with Crippen LogP contribution in [0.2, 0.25) is 0 Å². The van der Waals surface area contributed by atoms with Crippen LogP contribution in [0.4, 0.5) is 4.79 Å². The van der Waals surface area contributed by atoms with Gasteiger partial charge < -0.3 is 20.4 Å². The first-order valence-corrected chi connectivity index (χ1v) is 7.59. The van der Waals surface area contributed by atoms with E-state index in [0.717, 1.165) is 12.8 Å². The molecule has 0 unspecified atom stereocenters. The zero-order chi connectivity index (χ0) is 16.3. The highest BCUT2D eigenvalue weighted by molar-refractivity contribution is 5.83. The van der Waals surface area contributed by atoms with Gasteiger partial charge in [0.05, 0.1) is 19.4 Å². The second-order valence-electron chi connectivity index (χ2n) is 5.05. The van der Waals surface area contributed by atoms with Gasteiger partial charge in [-0.1, -0.05) is 30.3 Å². The Morgan fingerprint density at radius 3 is 2.52 bits per heavy atom. The van der Waals surface area contributed by atoms with Crippen LogP contribution in [0.5, 0.6) is 0 Å². The molecule has 0 radical (unpaired) electrons. The molecule has 0 spiro atoms. The average Bonchev–Trinajstić information content (AvgIpc) is 3.09. The molecule has 23 heavy (non-hydrogen) atoms. The minimum Gasteiger partial charge on any atom is -0.467 e. The van der Waals surface area contributed by atoms with E-state index in [4.69, 9.17) is 4.42 Å². The average molecular weight is 315 g/mol. The van der Waals surface area contributed by atoms with Crippen LogP contribution in [-0.2, 0) is 17.8 Å². The second-order valence-corrected chi connectivity index (χ2v) is 5.05. The molecule has 0 aliphatic heterocycles. The molecule has 2 rings (SSSR count). The highest BCUT2D eigenvalue weighted by Crippen LogP contribution is 2.01. The van der Waals surface area contributed by atoms with Crippen molar-refractivity contribution in [2.75, 3.05) is 13.1 Å². The fourth-order valence-electron chi connectivity index (χ4n) is 2.02. The van der Waals surface area contributed by atoms with Crippen molar-refractivity contribution in [1.82, 2.24) is 16.0 Å². The highest BCUT2D eigenvalue weighted by Gasteiger charge is 2.05. The molecule has 6 nitrogen and oxygen atoms in total. The van der Waals surface area contributed by atoms with E-state index in [2.05, 4.69) is 28.1 Å². The van der Waals surface area contributed by atoms with Crippen LogP contribution in [0, 0.1) is 0 Å². The first kappa shape index (κ1) is 16.6. The summed E-state index contributed by atoms with van der Waals surface area (Å²) >= 11 is 0. The van der Waals surface area contributed by atoms with Gasteiger partial charge in [0.25, 0.3) is 0 Å². The molecule has 3 N–H and O–H groups in total. The zero-order valence-electron chi connectivity index (χ0n) is 12.9. The summed E-state index contributed by atoms with van der Waals surface area (Å²) in [7, 11) is 0. The van der Waals surface area contributed by atoms with Gasteiger partial charge in [-0.05, 0) is 30.5 Å². The van der Waals surface area contributed by atoms with Crippen LogP contribution in [0.25, 0.3) is 0 Å². The molecule has 1 aromatic heterocycles. The number of amides is 3. The van der Waals surface area contributed by atoms with Crippen molar-refractivity contribution in [3.63, 3.8) is 0 Å². The monoisotopic (exact) mass is 315 g/mol. The third-order valence-corrected chi connectivity index (χ3v) is 3.22. The first-order valence-electron chi connectivity index (χ1n) is 7.59. The smallest absolute Gasteiger partial charge is 0.315 e. The summed E-state index contributed by atoms with van der Waals surface area (Å²) in [5, 5.41) is 7.90. The van der Waals surface area contributed by atoms with Crippen LogP contribution >= 0.6 is 0 Å². The van der Waals surface area contributed by atoms with Gasteiger partial charge >= 0.3 is 6.03 Å². The normalized spacial score (nSPS) is 10.1. The molecule has 0 saturated carbocycles. The molecule has 122 valence electrons. The molecule has 0 atom stereocenters. The van der Waals surface area contributed by atoms with Crippen LogP contribution in [0.15, 0.2) is 53.1 Å². The third-order valence-electron chi connectivity index (χ3n) is 3.22. The molecule has 3 amide bonds. The Morgan fingerprint density at radius 2 is 1.78 bits per heavy atom. The molecule has 0 aliphatic rings. The van der Waals surface area contributed by atoms with E-state index >= 15 is 0 Å². The Labute approximate surface area is 135 Å². The molecule has 2 aromatic rings. The summed E-state index contributed by atoms with van der Waals surface area (Å²) in [5.41, 5.74) is 1.24. The van der Waals surface area contributed by atoms with Crippen molar-refractivity contribution >= 4 is 11.9 Å². The standard InChI is InChI=1S/C17H21N3O3/c21-16(19-12-15-9-5-11-23-15)13-20-17(22)18-10-4-8-14-6-2-1-3-7-14/h1-3,5-7,9,11H,4,8,10,12-13H2,(H,19,21)(H2,18,20,22). The number of urea groups is 1. The van der Waals surface area contributed by atoms with Gasteiger partial charge in [-0.15, -0.1) is 0 Å². The minimum absolute atomic E-state index is 0.0643. The number of carbonyl (C=O) groups excluding carboxylic acids is 2. The summed E-state index contributed by atoms with van der Waals surface area (Å²) in [5.74, 6) is 0.407. The third kappa shape index (κ3) is 6.69. The molecule has 0 saturated heterocycles. The summed E-state index contributed by atoms with van der Waals surface area (Å²) in [6, 6.07) is 13.3. The fraction of sp³-hybridized carbons (Fsp3) is 0.294. The summed E-state index contributed by atoms with van der Waals surface area (Å²) in [6.07, 6.45) is 3.30. The van der Waals surface area contributed by atoms with Crippen LogP contribution in [0.3, 0.4) is 0 Å². The predicted molar refractivity (Wildman–Crippen MR) is 86.7 cm³/mol. The molecular formula is C17H21N3O3. The topological polar surface area (TPSA) is 83.4 Å². The lowest BCUT2D eigenvalue weighted by Gasteiger charge is -2.08. The molecular weight excluding hydrogens is 294 g/mol. The Bertz CT molecular complexity index is 597. The number of benzene rings is 1. The molecule has 1 aromatic carbocycles. The van der Waals surface area contributed by atoms with E-state index in [1.165, 1.54) is 5.56 Å². The van der Waals surface area contributed by atoms with E-state index in [9.17, 15) is 9.59 Å². The lowest BCUT2D eigenvalue weighted by Crippen LogP contribution is -2.42. The summed E-state index contributed by atoms with van der Waals surface area (Å²) in [4.78, 5) is 23.1. The molecule has 0 bridgehead atoms. The number of hydrogen-bond acceptors (Lipinski definition) is 3. The largest absolute Gasteiger partial charge is 0.467 e. The lowest BCUT2D eigenvalue weighted by atomic mass is 10.1. The molecule has 6 heteroatoms. The first-order chi connectivity index (χ1) is 11.2. The zero-order valence-corrected chi connectivity index (χ0v) is 12.9. The van der Waals surface area contributed by atoms with Gasteiger partial charge in [0.2, 0.25) is 5.91 Å². The van der Waals surface area contributed by atoms with Crippen LogP contribution in [-0.4, -0.2) is 25.0 Å². The van der Waals surface area contributed by atoms with Crippen molar-refractivity contribution in [1.29, 1.82) is 0 Å². The number of rotatable bonds is 8. The lowest BCUT2D eigenvalue weighted by molar-refractivity contribution is -0.120. The maximum Gasteiger partial charge on any atom is 0.315 e. The van der Waals surface area contributed by atoms with Crippen molar-refractivity contribution in [3.05, 3.63) is 60.1 Å². The molecule has 1 heterocycles. The van der Waals surface area contributed by atoms with Crippen molar-refractivity contribution in [2.24, 2.45) is 0 Å². The van der Waals surface area contributed by atoms with E-state index in [1.807, 2.05) is 18.2 Å². The van der Waals surface area contributed by atoms with Gasteiger partial charge in [-0.25, -0.2) is 4.79 Å².